The predicted molar refractivity (Wildman–Crippen MR) is 167 cm³/mol. The molecule has 0 aromatic carbocycles. The van der Waals surface area contributed by atoms with Gasteiger partial charge in [-0.1, -0.05) is 0 Å². The summed E-state index contributed by atoms with van der Waals surface area (Å²) in [5.74, 6) is 0. The third-order valence-electron chi connectivity index (χ3n) is 10.3. The Morgan fingerprint density at radius 2 is 0.571 bits per heavy atom. The van der Waals surface area contributed by atoms with Crippen LogP contribution in [-0.2, 0) is 42.6 Å². The Kier molecular flexibility index (Phi) is 16.1. The largest absolute Gasteiger partial charge is 0.394 e. The van der Waals surface area contributed by atoms with Gasteiger partial charge in [0.1, 0.15) is 122 Å². The van der Waals surface area contributed by atoms with Crippen LogP contribution in [0.15, 0.2) is 0 Å². The van der Waals surface area contributed by atoms with E-state index >= 15 is 0 Å². The minimum Gasteiger partial charge on any atom is -0.394 e. The van der Waals surface area contributed by atoms with Crippen molar-refractivity contribution in [3.63, 3.8) is 0 Å². The average molecular weight is 829 g/mol. The van der Waals surface area contributed by atoms with Gasteiger partial charge in [0, 0.05) is 0 Å². The second-order valence-electron chi connectivity index (χ2n) is 14.0. The van der Waals surface area contributed by atoms with E-state index < -0.39 is 187 Å². The number of ether oxygens (including phenoxy) is 9. The number of hydrogen-bond donors (Lipinski definition) is 17. The summed E-state index contributed by atoms with van der Waals surface area (Å²) in [6, 6.07) is 0. The van der Waals surface area contributed by atoms with Crippen molar-refractivity contribution in [3.8, 4) is 0 Å². The van der Waals surface area contributed by atoms with Gasteiger partial charge in [0.05, 0.1) is 33.0 Å². The highest BCUT2D eigenvalue weighted by Crippen LogP contribution is 2.35. The second-order valence-corrected chi connectivity index (χ2v) is 14.0. The lowest BCUT2D eigenvalue weighted by atomic mass is 10.0. The second kappa shape index (κ2) is 19.6. The molecule has 5 aliphatic heterocycles. The Balaban J connectivity index is 1.19. The van der Waals surface area contributed by atoms with Crippen LogP contribution in [-0.4, -0.2) is 273 Å². The van der Waals surface area contributed by atoms with Gasteiger partial charge in [-0.2, -0.15) is 0 Å². The molecule has 5 rings (SSSR count). The van der Waals surface area contributed by atoms with Crippen LogP contribution in [0.4, 0.5) is 0 Å². The average Bonchev–Trinajstić information content (AvgIpc) is 3.91. The molecule has 5 heterocycles. The molecule has 0 spiro atoms. The molecule has 0 radical (unpaired) electrons. The first-order valence-corrected chi connectivity index (χ1v) is 17.6. The summed E-state index contributed by atoms with van der Waals surface area (Å²) in [7, 11) is 0. The van der Waals surface area contributed by atoms with Crippen LogP contribution in [0.2, 0.25) is 0 Å². The van der Waals surface area contributed by atoms with Crippen LogP contribution >= 0.6 is 0 Å². The Morgan fingerprint density at radius 3 is 0.821 bits per heavy atom. The Morgan fingerprint density at radius 1 is 0.321 bits per heavy atom. The molecule has 0 aliphatic carbocycles. The highest BCUT2D eigenvalue weighted by atomic mass is 16.8. The van der Waals surface area contributed by atoms with Crippen LogP contribution in [0.3, 0.4) is 0 Å². The van der Waals surface area contributed by atoms with Crippen molar-refractivity contribution < 1.29 is 129 Å². The van der Waals surface area contributed by atoms with Crippen molar-refractivity contribution in [3.05, 3.63) is 0 Å². The number of aliphatic hydroxyl groups is 17. The van der Waals surface area contributed by atoms with Crippen molar-refractivity contribution in [1.29, 1.82) is 0 Å². The summed E-state index contributed by atoms with van der Waals surface area (Å²) in [6.07, 6.45) is -43.4. The zero-order valence-corrected chi connectivity index (χ0v) is 29.2. The Labute approximate surface area is 316 Å². The minimum absolute atomic E-state index is 0.840. The first-order valence-electron chi connectivity index (χ1n) is 17.6. The molecule has 0 bridgehead atoms. The molecule has 0 aromatic heterocycles. The van der Waals surface area contributed by atoms with E-state index in [0.717, 1.165) is 0 Å². The molecular weight excluding hydrogens is 776 g/mol. The van der Waals surface area contributed by atoms with Crippen molar-refractivity contribution in [2.45, 2.75) is 154 Å². The molecule has 25 atom stereocenters. The van der Waals surface area contributed by atoms with E-state index in [-0.39, 0.29) is 0 Å². The van der Waals surface area contributed by atoms with E-state index in [1.54, 1.807) is 0 Å². The van der Waals surface area contributed by atoms with Crippen molar-refractivity contribution in [1.82, 2.24) is 0 Å². The summed E-state index contributed by atoms with van der Waals surface area (Å²) in [4.78, 5) is 0. The molecule has 17 N–H and O–H groups in total. The summed E-state index contributed by atoms with van der Waals surface area (Å²) in [5, 5.41) is 173. The number of hydrogen-bond acceptors (Lipinski definition) is 26. The molecule has 0 amide bonds. The van der Waals surface area contributed by atoms with Crippen molar-refractivity contribution in [2.24, 2.45) is 0 Å². The Bertz CT molecular complexity index is 1210. The molecule has 0 saturated carbocycles. The van der Waals surface area contributed by atoms with E-state index in [9.17, 15) is 81.7 Å². The van der Waals surface area contributed by atoms with E-state index in [1.807, 2.05) is 0 Å². The van der Waals surface area contributed by atoms with E-state index in [1.165, 1.54) is 0 Å². The van der Waals surface area contributed by atoms with Crippen LogP contribution in [0.1, 0.15) is 0 Å². The van der Waals surface area contributed by atoms with Gasteiger partial charge in [-0.25, -0.2) is 0 Å². The minimum atomic E-state index is -1.94. The standard InChI is InChI=1S/C30H52O26/c31-1-6(36)21-12(38)17(43)27(53-21)49-8(3-33)23-14(40)19(45)29(55-23)51-10(5-35)25-15(41)20(46)30(56-25)50-9(4-34)24-13(39)18(44)28(54-24)48-7(2-32)22-11(37)16(42)26(47)52-22/h6-47H,1-5H2/t6-,7-,8-,9-,10-,11-,12-,13-,14-,15-,16-,17-,18-,19-,20-,21+,22+,23+,24+,25+,26-,27-,28-,29-,30-/m1/s1. The summed E-state index contributed by atoms with van der Waals surface area (Å²) in [6.45, 7) is -4.61. The van der Waals surface area contributed by atoms with Gasteiger partial charge in [0.25, 0.3) is 0 Å². The molecule has 0 aromatic rings. The third kappa shape index (κ3) is 9.16. The van der Waals surface area contributed by atoms with E-state index in [0.29, 0.717) is 0 Å². The normalized spacial score (nSPS) is 48.4. The molecule has 56 heavy (non-hydrogen) atoms. The molecule has 5 fully saturated rings. The van der Waals surface area contributed by atoms with Gasteiger partial charge < -0.3 is 129 Å². The fourth-order valence-corrected chi connectivity index (χ4v) is 7.06. The van der Waals surface area contributed by atoms with Gasteiger partial charge in [0.15, 0.2) is 31.5 Å². The lowest BCUT2D eigenvalue weighted by Crippen LogP contribution is -2.46. The maximum atomic E-state index is 10.8. The predicted octanol–water partition coefficient (Wildman–Crippen LogP) is -11.9. The summed E-state index contributed by atoms with van der Waals surface area (Å²) >= 11 is 0. The molecule has 328 valence electrons. The number of aliphatic hydroxyl groups excluding tert-OH is 17. The highest BCUT2D eigenvalue weighted by Gasteiger charge is 2.56. The van der Waals surface area contributed by atoms with E-state index in [4.69, 9.17) is 47.7 Å². The maximum Gasteiger partial charge on any atom is 0.187 e. The zero-order chi connectivity index (χ0) is 41.3. The van der Waals surface area contributed by atoms with Crippen molar-refractivity contribution in [2.75, 3.05) is 33.0 Å². The molecule has 26 heteroatoms. The van der Waals surface area contributed by atoms with Gasteiger partial charge in [-0.3, -0.25) is 0 Å². The first kappa shape index (κ1) is 46.0. The summed E-state index contributed by atoms with van der Waals surface area (Å²) < 4.78 is 49.0. The lowest BCUT2D eigenvalue weighted by molar-refractivity contribution is -0.272. The van der Waals surface area contributed by atoms with E-state index in [2.05, 4.69) is 0 Å². The molecule has 0 unspecified atom stereocenters. The van der Waals surface area contributed by atoms with Crippen LogP contribution < -0.4 is 0 Å². The Hall–Kier alpha value is -1.04. The highest BCUT2D eigenvalue weighted by molar-refractivity contribution is 4.99. The fourth-order valence-electron chi connectivity index (χ4n) is 7.06. The van der Waals surface area contributed by atoms with Gasteiger partial charge in [-0.15, -0.1) is 0 Å². The monoisotopic (exact) mass is 828 g/mol. The lowest BCUT2D eigenvalue weighted by Gasteiger charge is -2.30. The van der Waals surface area contributed by atoms with Crippen LogP contribution in [0.5, 0.6) is 0 Å². The molecule has 26 nitrogen and oxygen atoms in total. The fraction of sp³-hybridized carbons (Fsp3) is 1.00. The molecular formula is C30H52O26. The van der Waals surface area contributed by atoms with Gasteiger partial charge >= 0.3 is 0 Å². The first-order chi connectivity index (χ1) is 26.5. The SMILES string of the molecule is OC[C@@H](O)[C@@H]1O[C@@H](O[C@H](CO)[C@@H]2O[C@@H](O[C@H](CO)[C@@H]3O[C@@H](O[C@H](CO)[C@@H]4O[C@@H](O[C@H](CO)[C@@H]5O[C@@H](O)[C@H](O)[C@H]5O)[C@H](O)[C@H]4O)[C@H](O)[C@H]3O)[C@H](O)[C@H]2O)[C@H](O)[C@H]1O. The van der Waals surface area contributed by atoms with Crippen LogP contribution in [0.25, 0.3) is 0 Å². The topological polar surface area (TPSA) is 427 Å². The quantitative estimate of drug-likeness (QED) is 0.0610. The molecule has 5 saturated heterocycles. The molecule has 5 aliphatic rings. The maximum absolute atomic E-state index is 10.8. The zero-order valence-electron chi connectivity index (χ0n) is 29.2. The summed E-state index contributed by atoms with van der Waals surface area (Å²) in [5.41, 5.74) is 0. The van der Waals surface area contributed by atoms with Gasteiger partial charge in [0.2, 0.25) is 0 Å². The number of rotatable bonds is 18. The van der Waals surface area contributed by atoms with Crippen LogP contribution in [0, 0.1) is 0 Å². The van der Waals surface area contributed by atoms with Crippen molar-refractivity contribution >= 4 is 0 Å². The van der Waals surface area contributed by atoms with Gasteiger partial charge in [-0.05, 0) is 0 Å². The third-order valence-corrected chi connectivity index (χ3v) is 10.3. The smallest absolute Gasteiger partial charge is 0.187 e.